The maximum absolute atomic E-state index is 12.4. The zero-order chi connectivity index (χ0) is 25.8. The number of benzene rings is 3. The van der Waals surface area contributed by atoms with E-state index in [0.29, 0.717) is 11.4 Å². The zero-order valence-corrected chi connectivity index (χ0v) is 21.4. The van der Waals surface area contributed by atoms with Crippen LogP contribution in [-0.2, 0) is 6.42 Å². The Hall–Kier alpha value is -4.10. The number of nitrogens with two attached hydrogens (primary N) is 1. The lowest BCUT2D eigenvalue weighted by atomic mass is 10.1. The maximum atomic E-state index is 12.4. The van der Waals surface area contributed by atoms with Gasteiger partial charge in [-0.2, -0.15) is 0 Å². The Kier molecular flexibility index (Phi) is 7.23. The van der Waals surface area contributed by atoms with E-state index in [0.717, 1.165) is 61.6 Å². The molecule has 5 rings (SSSR count). The number of para-hydroxylation sites is 2. The van der Waals surface area contributed by atoms with Gasteiger partial charge in [0.05, 0.1) is 24.0 Å². The van der Waals surface area contributed by atoms with Gasteiger partial charge in [-0.05, 0) is 67.4 Å². The van der Waals surface area contributed by atoms with Crippen molar-refractivity contribution >= 4 is 34.0 Å². The van der Waals surface area contributed by atoms with Gasteiger partial charge >= 0.3 is 6.03 Å². The van der Waals surface area contributed by atoms with Crippen LogP contribution in [0.25, 0.3) is 10.9 Å². The quantitative estimate of drug-likeness (QED) is 0.385. The number of hydrogen-bond acceptors (Lipinski definition) is 5. The van der Waals surface area contributed by atoms with Gasteiger partial charge in [0.25, 0.3) is 0 Å². The summed E-state index contributed by atoms with van der Waals surface area (Å²) in [5.41, 5.74) is 11.7. The van der Waals surface area contributed by atoms with E-state index in [1.54, 1.807) is 7.11 Å². The molecule has 37 heavy (non-hydrogen) atoms. The lowest BCUT2D eigenvalue weighted by molar-refractivity contribution is 0.256. The summed E-state index contributed by atoms with van der Waals surface area (Å²) in [6, 6.07) is 25.5. The van der Waals surface area contributed by atoms with Crippen molar-refractivity contribution in [1.82, 2.24) is 9.88 Å². The van der Waals surface area contributed by atoms with Crippen LogP contribution < -0.4 is 20.3 Å². The van der Waals surface area contributed by atoms with Crippen LogP contribution in [0.4, 0.5) is 21.9 Å². The van der Waals surface area contributed by atoms with Crippen molar-refractivity contribution in [3.05, 3.63) is 90.1 Å². The van der Waals surface area contributed by atoms with Gasteiger partial charge in [0.2, 0.25) is 0 Å². The number of methoxy groups -OCH3 is 1. The molecule has 0 aliphatic carbocycles. The molecule has 2 amide bonds. The van der Waals surface area contributed by atoms with E-state index in [-0.39, 0.29) is 0 Å². The molecule has 7 heteroatoms. The normalized spacial score (nSPS) is 14.1. The van der Waals surface area contributed by atoms with E-state index in [1.165, 1.54) is 16.0 Å². The molecule has 1 aliphatic heterocycles. The van der Waals surface area contributed by atoms with Gasteiger partial charge in [0.1, 0.15) is 5.75 Å². The van der Waals surface area contributed by atoms with E-state index in [9.17, 15) is 4.79 Å². The molecule has 0 spiro atoms. The Bertz CT molecular complexity index is 1400. The number of amides is 2. The summed E-state index contributed by atoms with van der Waals surface area (Å²) in [5.74, 6) is 0.599. The molecule has 4 aromatic rings. The average molecular weight is 496 g/mol. The number of pyridine rings is 1. The Balaban J connectivity index is 1.24. The van der Waals surface area contributed by atoms with Crippen LogP contribution in [-0.4, -0.2) is 55.7 Å². The van der Waals surface area contributed by atoms with Crippen molar-refractivity contribution in [3.63, 3.8) is 0 Å². The summed E-state index contributed by atoms with van der Waals surface area (Å²) >= 11 is 0. The highest BCUT2D eigenvalue weighted by Crippen LogP contribution is 2.34. The third kappa shape index (κ3) is 5.37. The average Bonchev–Trinajstić information content (AvgIpc) is 2.92. The zero-order valence-electron chi connectivity index (χ0n) is 21.4. The number of carbonyl (C=O) groups is 1. The highest BCUT2D eigenvalue weighted by atomic mass is 16.5. The number of carbonyl (C=O) groups excluding carboxylic acids is 1. The molecule has 0 unspecified atom stereocenters. The number of fused-ring (bicyclic) bond motifs is 1. The fraction of sp³-hybridized carbons (Fsp3) is 0.267. The van der Waals surface area contributed by atoms with Crippen LogP contribution in [0.5, 0.6) is 5.75 Å². The Morgan fingerprint density at radius 2 is 1.76 bits per heavy atom. The highest BCUT2D eigenvalue weighted by Gasteiger charge is 2.21. The number of nitrogens with zero attached hydrogens (tertiary/aromatic N) is 4. The molecule has 1 aliphatic rings. The van der Waals surface area contributed by atoms with Crippen molar-refractivity contribution in [2.24, 2.45) is 5.73 Å². The van der Waals surface area contributed by atoms with Crippen molar-refractivity contribution in [2.45, 2.75) is 13.3 Å². The third-order valence-corrected chi connectivity index (χ3v) is 6.99. The molecular weight excluding hydrogens is 462 g/mol. The van der Waals surface area contributed by atoms with Gasteiger partial charge in [-0.15, -0.1) is 0 Å². The van der Waals surface area contributed by atoms with E-state index in [4.69, 9.17) is 15.5 Å². The molecule has 0 bridgehead atoms. The monoisotopic (exact) mass is 495 g/mol. The second-order valence-electron chi connectivity index (χ2n) is 9.39. The predicted octanol–water partition coefficient (Wildman–Crippen LogP) is 5.13. The number of aryl methyl sites for hydroxylation is 1. The van der Waals surface area contributed by atoms with Crippen LogP contribution in [0, 0.1) is 6.92 Å². The van der Waals surface area contributed by atoms with Crippen LogP contribution in [0.3, 0.4) is 0 Å². The van der Waals surface area contributed by atoms with Crippen molar-refractivity contribution in [1.29, 1.82) is 0 Å². The first-order chi connectivity index (χ1) is 18.0. The van der Waals surface area contributed by atoms with E-state index in [1.807, 2.05) is 49.4 Å². The second kappa shape index (κ2) is 10.9. The van der Waals surface area contributed by atoms with Gasteiger partial charge in [-0.3, -0.25) is 14.8 Å². The minimum Gasteiger partial charge on any atom is -0.495 e. The summed E-state index contributed by atoms with van der Waals surface area (Å²) in [7, 11) is 1.59. The van der Waals surface area contributed by atoms with E-state index < -0.39 is 6.03 Å². The summed E-state index contributed by atoms with van der Waals surface area (Å²) in [4.78, 5) is 23.6. The second-order valence-corrected chi connectivity index (χ2v) is 9.39. The molecule has 190 valence electrons. The van der Waals surface area contributed by atoms with Gasteiger partial charge < -0.3 is 15.4 Å². The molecular formula is C30H33N5O2. The minimum absolute atomic E-state index is 0.545. The number of aromatic nitrogens is 1. The molecule has 0 atom stereocenters. The van der Waals surface area contributed by atoms with Crippen LogP contribution >= 0.6 is 0 Å². The summed E-state index contributed by atoms with van der Waals surface area (Å²) in [6.07, 6.45) is 0.893. The van der Waals surface area contributed by atoms with E-state index in [2.05, 4.69) is 46.2 Å². The van der Waals surface area contributed by atoms with Gasteiger partial charge in [0, 0.05) is 49.5 Å². The fourth-order valence-corrected chi connectivity index (χ4v) is 5.07. The highest BCUT2D eigenvalue weighted by molar-refractivity contribution is 6.00. The molecule has 7 nitrogen and oxygen atoms in total. The Labute approximate surface area is 218 Å². The smallest absolute Gasteiger partial charge is 0.324 e. The topological polar surface area (TPSA) is 74.9 Å². The number of urea groups is 1. The third-order valence-electron chi connectivity index (χ3n) is 6.99. The van der Waals surface area contributed by atoms with Crippen molar-refractivity contribution < 1.29 is 9.53 Å². The van der Waals surface area contributed by atoms with Gasteiger partial charge in [0.15, 0.2) is 0 Å². The summed E-state index contributed by atoms with van der Waals surface area (Å²) in [6.45, 7) is 6.96. The molecule has 3 aromatic carbocycles. The number of primary amides is 1. The number of rotatable bonds is 7. The molecule has 0 saturated carbocycles. The lowest BCUT2D eigenvalue weighted by Crippen LogP contribution is -2.47. The minimum atomic E-state index is -0.545. The van der Waals surface area contributed by atoms with Crippen molar-refractivity contribution in [3.8, 4) is 5.75 Å². The standard InChI is InChI=1S/C30H33N5O2/c1-22-13-14-25-26(32-22)9-6-11-27(25)34-19-17-33(18-20-34)16-15-23-7-5-8-24(21-23)35(30(31)36)28-10-3-4-12-29(28)37-2/h3-14,21H,15-20H2,1-2H3,(H2,31,36). The molecule has 1 aromatic heterocycles. The fourth-order valence-electron chi connectivity index (χ4n) is 5.07. The van der Waals surface area contributed by atoms with Crippen molar-refractivity contribution in [2.75, 3.05) is 49.6 Å². The Morgan fingerprint density at radius 1 is 0.973 bits per heavy atom. The number of anilines is 3. The molecule has 1 saturated heterocycles. The number of hydrogen-bond donors (Lipinski definition) is 1. The van der Waals surface area contributed by atoms with Gasteiger partial charge in [-0.1, -0.05) is 30.3 Å². The summed E-state index contributed by atoms with van der Waals surface area (Å²) in [5, 5.41) is 1.22. The predicted molar refractivity (Wildman–Crippen MR) is 150 cm³/mol. The summed E-state index contributed by atoms with van der Waals surface area (Å²) < 4.78 is 5.46. The first-order valence-electron chi connectivity index (χ1n) is 12.7. The number of piperazine rings is 1. The van der Waals surface area contributed by atoms with Gasteiger partial charge in [-0.25, -0.2) is 4.79 Å². The SMILES string of the molecule is COc1ccccc1N(C(N)=O)c1cccc(CCN2CCN(c3cccc4nc(C)ccc34)CC2)c1. The molecule has 0 radical (unpaired) electrons. The lowest BCUT2D eigenvalue weighted by Gasteiger charge is -2.36. The Morgan fingerprint density at radius 3 is 2.54 bits per heavy atom. The molecule has 2 heterocycles. The van der Waals surface area contributed by atoms with Crippen LogP contribution in [0.1, 0.15) is 11.3 Å². The van der Waals surface area contributed by atoms with Crippen LogP contribution in [0.15, 0.2) is 78.9 Å². The molecule has 2 N–H and O–H groups in total. The molecule has 1 fully saturated rings. The van der Waals surface area contributed by atoms with Crippen LogP contribution in [0.2, 0.25) is 0 Å². The number of ether oxygens (including phenoxy) is 1. The maximum Gasteiger partial charge on any atom is 0.324 e. The first kappa shape index (κ1) is 24.6. The first-order valence-corrected chi connectivity index (χ1v) is 12.7. The van der Waals surface area contributed by atoms with E-state index >= 15 is 0 Å². The largest absolute Gasteiger partial charge is 0.495 e.